The van der Waals surface area contributed by atoms with Crippen LogP contribution >= 0.6 is 11.6 Å². The van der Waals surface area contributed by atoms with E-state index in [2.05, 4.69) is 19.2 Å². The number of amides is 1. The van der Waals surface area contributed by atoms with Crippen molar-refractivity contribution in [3.05, 3.63) is 27.9 Å². The molecule has 1 amide bonds. The highest BCUT2D eigenvalue weighted by molar-refractivity contribution is 6.20. The number of carbonyl (C=O) groups is 1. The predicted molar refractivity (Wildman–Crippen MR) is 73.5 cm³/mol. The van der Waals surface area contributed by atoms with Crippen LogP contribution < -0.4 is 5.32 Å². The van der Waals surface area contributed by atoms with Crippen LogP contribution in [0.4, 0.5) is 5.82 Å². The van der Waals surface area contributed by atoms with Crippen LogP contribution in [0.15, 0.2) is 12.1 Å². The third-order valence-corrected chi connectivity index (χ3v) is 3.06. The Morgan fingerprint density at radius 1 is 1.53 bits per heavy atom. The Kier molecular flexibility index (Phi) is 5.35. The largest absolute Gasteiger partial charge is 0.358 e. The lowest BCUT2D eigenvalue weighted by molar-refractivity contribution is -0.391. The molecule has 0 aliphatic heterocycles. The number of alkyl halides is 1. The van der Waals surface area contributed by atoms with Gasteiger partial charge in [-0.05, 0) is 23.3 Å². The van der Waals surface area contributed by atoms with Gasteiger partial charge >= 0.3 is 5.82 Å². The molecule has 1 aromatic heterocycles. The Balaban J connectivity index is 2.62. The maximum Gasteiger partial charge on any atom is 0.323 e. The number of carbonyl (C=O) groups excluding carboxylic acids is 1. The van der Waals surface area contributed by atoms with Gasteiger partial charge in [0.2, 0.25) is 0 Å². The number of nitrogens with one attached hydrogen (secondary N) is 1. The van der Waals surface area contributed by atoms with Crippen molar-refractivity contribution >= 4 is 23.3 Å². The highest BCUT2D eigenvalue weighted by Gasteiger charge is 2.20. The summed E-state index contributed by atoms with van der Waals surface area (Å²) < 4.78 is 1.25. The third kappa shape index (κ3) is 4.24. The molecule has 1 heterocycles. The van der Waals surface area contributed by atoms with Crippen LogP contribution in [0.3, 0.4) is 0 Å². The minimum Gasteiger partial charge on any atom is -0.358 e. The normalized spacial score (nSPS) is 12.5. The molecule has 7 heteroatoms. The van der Waals surface area contributed by atoms with Gasteiger partial charge in [0.25, 0.3) is 5.91 Å². The van der Waals surface area contributed by atoms with Gasteiger partial charge < -0.3 is 15.4 Å². The number of nitro groups is 1. The van der Waals surface area contributed by atoms with Gasteiger partial charge in [-0.15, -0.1) is 11.6 Å². The van der Waals surface area contributed by atoms with Gasteiger partial charge in [0, 0.05) is 12.6 Å². The van der Waals surface area contributed by atoms with Crippen molar-refractivity contribution in [2.45, 2.75) is 25.6 Å². The first kappa shape index (κ1) is 15.5. The number of hydrogen-bond donors (Lipinski definition) is 1. The summed E-state index contributed by atoms with van der Waals surface area (Å²) >= 11 is 6.07. The average molecular weight is 288 g/mol. The fourth-order valence-corrected chi connectivity index (χ4v) is 2.23. The Hall–Kier alpha value is -1.56. The number of halogens is 1. The zero-order valence-corrected chi connectivity index (χ0v) is 12.0. The lowest BCUT2D eigenvalue weighted by atomic mass is 10.1. The molecule has 106 valence electrons. The fourth-order valence-electron chi connectivity index (χ4n) is 1.80. The van der Waals surface area contributed by atoms with E-state index < -0.39 is 4.92 Å². The molecule has 1 aromatic rings. The Morgan fingerprint density at radius 2 is 2.16 bits per heavy atom. The first-order valence-corrected chi connectivity index (χ1v) is 6.49. The molecule has 0 aliphatic rings. The quantitative estimate of drug-likeness (QED) is 0.495. The van der Waals surface area contributed by atoms with E-state index in [0.29, 0.717) is 12.5 Å². The highest BCUT2D eigenvalue weighted by Crippen LogP contribution is 2.15. The van der Waals surface area contributed by atoms with E-state index in [1.54, 1.807) is 0 Å². The molecule has 0 bridgehead atoms. The molecule has 0 aromatic carbocycles. The summed E-state index contributed by atoms with van der Waals surface area (Å²) in [6, 6.07) is 2.74. The SMILES string of the molecule is CC(C)CC(Cl)CNC(=O)c1ccc([N+](=O)[O-])n1C. The summed E-state index contributed by atoms with van der Waals surface area (Å²) in [6.45, 7) is 4.45. The van der Waals surface area contributed by atoms with Crippen molar-refractivity contribution in [2.24, 2.45) is 13.0 Å². The lowest BCUT2D eigenvalue weighted by Crippen LogP contribution is -2.31. The minimum atomic E-state index is -0.528. The monoisotopic (exact) mass is 287 g/mol. The molecule has 0 saturated carbocycles. The molecule has 1 N–H and O–H groups in total. The van der Waals surface area contributed by atoms with E-state index in [-0.39, 0.29) is 22.8 Å². The molecule has 19 heavy (non-hydrogen) atoms. The second-order valence-corrected chi connectivity index (χ2v) is 5.45. The molecular formula is C12H18ClN3O3. The van der Waals surface area contributed by atoms with E-state index in [0.717, 1.165) is 6.42 Å². The molecule has 0 radical (unpaired) electrons. The number of aromatic nitrogens is 1. The first-order valence-electron chi connectivity index (χ1n) is 6.05. The third-order valence-electron chi connectivity index (χ3n) is 2.73. The minimum absolute atomic E-state index is 0.116. The van der Waals surface area contributed by atoms with Crippen LogP contribution in [0.25, 0.3) is 0 Å². The Bertz CT molecular complexity index is 471. The molecule has 0 aliphatic carbocycles. The Labute approximate surface area is 116 Å². The van der Waals surface area contributed by atoms with Crippen molar-refractivity contribution in [3.63, 3.8) is 0 Å². The van der Waals surface area contributed by atoms with Gasteiger partial charge in [-0.2, -0.15) is 0 Å². The number of nitrogens with zero attached hydrogens (tertiary/aromatic N) is 2. The highest BCUT2D eigenvalue weighted by atomic mass is 35.5. The zero-order valence-electron chi connectivity index (χ0n) is 11.2. The average Bonchev–Trinajstić information content (AvgIpc) is 2.67. The summed E-state index contributed by atoms with van der Waals surface area (Å²) in [5, 5.41) is 13.2. The summed E-state index contributed by atoms with van der Waals surface area (Å²) in [5.74, 6) is -0.0183. The molecule has 1 unspecified atom stereocenters. The number of hydrogen-bond acceptors (Lipinski definition) is 3. The summed E-state index contributed by atoms with van der Waals surface area (Å²) in [6.07, 6.45) is 0.801. The van der Waals surface area contributed by atoms with Gasteiger partial charge in [-0.3, -0.25) is 4.79 Å². The second-order valence-electron chi connectivity index (χ2n) is 4.83. The van der Waals surface area contributed by atoms with Crippen LogP contribution in [0.5, 0.6) is 0 Å². The molecule has 0 fully saturated rings. The molecule has 0 saturated heterocycles. The first-order chi connectivity index (χ1) is 8.82. The van der Waals surface area contributed by atoms with Crippen LogP contribution in [-0.4, -0.2) is 27.3 Å². The standard InChI is InChI=1S/C12H18ClN3O3/c1-8(2)6-9(13)7-14-12(17)10-4-5-11(15(10)3)16(18)19/h4-5,8-9H,6-7H2,1-3H3,(H,14,17). The summed E-state index contributed by atoms with van der Waals surface area (Å²) in [5.41, 5.74) is 0.250. The molecule has 6 nitrogen and oxygen atoms in total. The summed E-state index contributed by atoms with van der Waals surface area (Å²) in [7, 11) is 1.49. The lowest BCUT2D eigenvalue weighted by Gasteiger charge is -2.12. The van der Waals surface area contributed by atoms with Gasteiger partial charge in [-0.25, -0.2) is 4.57 Å². The van der Waals surface area contributed by atoms with Crippen LogP contribution in [0, 0.1) is 16.0 Å². The smallest absolute Gasteiger partial charge is 0.323 e. The van der Waals surface area contributed by atoms with E-state index in [1.807, 2.05) is 0 Å². The van der Waals surface area contributed by atoms with Gasteiger partial charge in [0.05, 0.1) is 12.4 Å². The van der Waals surface area contributed by atoms with E-state index in [1.165, 1.54) is 23.7 Å². The van der Waals surface area contributed by atoms with Crippen molar-refractivity contribution in [3.8, 4) is 0 Å². The van der Waals surface area contributed by atoms with E-state index in [4.69, 9.17) is 11.6 Å². The predicted octanol–water partition coefficient (Wildman–Crippen LogP) is 2.32. The van der Waals surface area contributed by atoms with Crippen LogP contribution in [0.2, 0.25) is 0 Å². The van der Waals surface area contributed by atoms with Crippen molar-refractivity contribution in [1.82, 2.24) is 9.88 Å². The molecule has 1 atom stereocenters. The van der Waals surface area contributed by atoms with Crippen molar-refractivity contribution < 1.29 is 9.72 Å². The van der Waals surface area contributed by atoms with E-state index >= 15 is 0 Å². The number of rotatable bonds is 6. The van der Waals surface area contributed by atoms with Crippen LogP contribution in [0.1, 0.15) is 30.8 Å². The van der Waals surface area contributed by atoms with Gasteiger partial charge in [0.1, 0.15) is 0 Å². The topological polar surface area (TPSA) is 77.2 Å². The Morgan fingerprint density at radius 3 is 2.63 bits per heavy atom. The van der Waals surface area contributed by atoms with Crippen molar-refractivity contribution in [2.75, 3.05) is 6.54 Å². The van der Waals surface area contributed by atoms with Crippen LogP contribution in [-0.2, 0) is 7.05 Å². The summed E-state index contributed by atoms with van der Waals surface area (Å²) in [4.78, 5) is 22.0. The fraction of sp³-hybridized carbons (Fsp3) is 0.583. The van der Waals surface area contributed by atoms with Crippen molar-refractivity contribution in [1.29, 1.82) is 0 Å². The molecule has 0 spiro atoms. The van der Waals surface area contributed by atoms with Gasteiger partial charge in [-0.1, -0.05) is 13.8 Å². The molecule has 1 rings (SSSR count). The van der Waals surface area contributed by atoms with E-state index in [9.17, 15) is 14.9 Å². The maximum absolute atomic E-state index is 11.9. The second kappa shape index (κ2) is 6.56. The maximum atomic E-state index is 11.9. The van der Waals surface area contributed by atoms with Gasteiger partial charge in [0.15, 0.2) is 5.69 Å². The molecular weight excluding hydrogens is 270 g/mol. The zero-order chi connectivity index (χ0) is 14.6.